The number of pyridine rings is 1. The molecule has 0 bridgehead atoms. The van der Waals surface area contributed by atoms with Gasteiger partial charge in [-0.05, 0) is 17.7 Å². The van der Waals surface area contributed by atoms with Crippen molar-refractivity contribution in [1.82, 2.24) is 19.5 Å². The van der Waals surface area contributed by atoms with Crippen molar-refractivity contribution >= 4 is 22.5 Å². The number of amides is 1. The summed E-state index contributed by atoms with van der Waals surface area (Å²) >= 11 is 0. The highest BCUT2D eigenvalue weighted by molar-refractivity contribution is 6.08. The van der Waals surface area contributed by atoms with Crippen molar-refractivity contribution < 1.29 is 26.7 Å². The van der Waals surface area contributed by atoms with Gasteiger partial charge in [0.25, 0.3) is 5.91 Å². The average Bonchev–Trinajstić information content (AvgIpc) is 3.30. The fourth-order valence-corrected chi connectivity index (χ4v) is 2.87. The third kappa shape index (κ3) is 3.86. The second-order valence-corrected chi connectivity index (χ2v) is 6.45. The highest BCUT2D eigenvalue weighted by atomic mass is 19.4. The maximum Gasteiger partial charge on any atom is 0.433 e. The number of nitrogens with zero attached hydrogens (tertiary/aromatic N) is 3. The molecule has 0 atom stereocenters. The van der Waals surface area contributed by atoms with Crippen LogP contribution >= 0.6 is 0 Å². The van der Waals surface area contributed by atoms with Gasteiger partial charge in [-0.1, -0.05) is 6.07 Å². The van der Waals surface area contributed by atoms with Crippen molar-refractivity contribution in [2.75, 3.05) is 5.32 Å². The molecule has 1 amide bonds. The summed E-state index contributed by atoms with van der Waals surface area (Å²) in [6.07, 6.45) is 0.726. The molecule has 6 nitrogen and oxygen atoms in total. The second kappa shape index (κ2) is 7.25. The van der Waals surface area contributed by atoms with Crippen molar-refractivity contribution in [3.05, 3.63) is 77.8 Å². The fourth-order valence-electron chi connectivity index (χ4n) is 2.87. The maximum absolute atomic E-state index is 13.5. The molecular weight excluding hydrogens is 409 g/mol. The lowest BCUT2D eigenvalue weighted by Crippen LogP contribution is -2.12. The number of benzene rings is 1. The molecule has 0 unspecified atom stereocenters. The zero-order valence-electron chi connectivity index (χ0n) is 15.0. The molecule has 0 aliphatic carbocycles. The fraction of sp³-hybridized carbons (Fsp3) is 0.105. The minimum Gasteiger partial charge on any atom is -0.359 e. The largest absolute Gasteiger partial charge is 0.433 e. The van der Waals surface area contributed by atoms with Gasteiger partial charge in [0.1, 0.15) is 11.4 Å². The Balaban J connectivity index is 1.47. The van der Waals surface area contributed by atoms with Gasteiger partial charge in [0.05, 0.1) is 24.1 Å². The van der Waals surface area contributed by atoms with Crippen LogP contribution in [0.4, 0.5) is 27.6 Å². The number of hydrogen-bond acceptors (Lipinski definition) is 3. The summed E-state index contributed by atoms with van der Waals surface area (Å²) in [6.45, 7) is 0.156. The summed E-state index contributed by atoms with van der Waals surface area (Å²) < 4.78 is 66.0. The summed E-state index contributed by atoms with van der Waals surface area (Å²) in [4.78, 5) is 22.5. The summed E-state index contributed by atoms with van der Waals surface area (Å²) in [7, 11) is 0. The van der Waals surface area contributed by atoms with E-state index in [2.05, 4.69) is 20.3 Å². The first-order chi connectivity index (χ1) is 14.2. The molecule has 0 fully saturated rings. The van der Waals surface area contributed by atoms with Crippen molar-refractivity contribution in [3.63, 3.8) is 0 Å². The average molecular weight is 421 g/mol. The molecule has 30 heavy (non-hydrogen) atoms. The van der Waals surface area contributed by atoms with Crippen molar-refractivity contribution in [3.8, 4) is 0 Å². The van der Waals surface area contributed by atoms with E-state index in [0.717, 1.165) is 24.4 Å². The molecule has 0 aliphatic rings. The monoisotopic (exact) mass is 421 g/mol. The molecule has 11 heteroatoms. The molecule has 2 N–H and O–H groups in total. The Bertz CT molecular complexity index is 1230. The Morgan fingerprint density at radius 1 is 1.13 bits per heavy atom. The normalized spacial score (nSPS) is 11.8. The SMILES string of the molecule is O=C(Nc1c[nH]c2cc(F)c(F)cc12)c1cn(Cc2ccc(C(F)(F)F)nc2)cn1. The minimum atomic E-state index is -4.52. The van der Waals surface area contributed by atoms with Crippen LogP contribution in [0.2, 0.25) is 0 Å². The molecule has 0 radical (unpaired) electrons. The van der Waals surface area contributed by atoms with Gasteiger partial charge in [0.2, 0.25) is 0 Å². The van der Waals surface area contributed by atoms with E-state index in [0.29, 0.717) is 11.1 Å². The van der Waals surface area contributed by atoms with Crippen LogP contribution in [0.1, 0.15) is 21.7 Å². The van der Waals surface area contributed by atoms with Crippen LogP contribution in [0.15, 0.2) is 49.2 Å². The standard InChI is InChI=1S/C19H12F5N5O/c20-12-3-11-14(4-13(12)21)25-6-15(11)28-18(30)16-8-29(9-27-16)7-10-1-2-17(26-5-10)19(22,23)24/h1-6,8-9,25H,7H2,(H,28,30). The van der Waals surface area contributed by atoms with Crippen LogP contribution in [0.25, 0.3) is 10.9 Å². The highest BCUT2D eigenvalue weighted by Gasteiger charge is 2.32. The van der Waals surface area contributed by atoms with E-state index < -0.39 is 29.4 Å². The lowest BCUT2D eigenvalue weighted by molar-refractivity contribution is -0.141. The number of rotatable bonds is 4. The van der Waals surface area contributed by atoms with Gasteiger partial charge in [-0.3, -0.25) is 9.78 Å². The van der Waals surface area contributed by atoms with Gasteiger partial charge in [-0.2, -0.15) is 13.2 Å². The molecule has 4 rings (SSSR count). The van der Waals surface area contributed by atoms with Gasteiger partial charge >= 0.3 is 6.18 Å². The Hall–Kier alpha value is -3.76. The molecule has 4 aromatic rings. The number of halogens is 5. The number of anilines is 1. The zero-order chi connectivity index (χ0) is 21.5. The molecule has 0 saturated carbocycles. The number of fused-ring (bicyclic) bond motifs is 1. The molecule has 3 aromatic heterocycles. The summed E-state index contributed by atoms with van der Waals surface area (Å²) in [5.41, 5.74) is 0.0835. The maximum atomic E-state index is 13.5. The number of aromatic nitrogens is 4. The van der Waals surface area contributed by atoms with Gasteiger partial charge in [-0.25, -0.2) is 13.8 Å². The smallest absolute Gasteiger partial charge is 0.359 e. The molecule has 1 aromatic carbocycles. The topological polar surface area (TPSA) is 75.6 Å². The summed E-state index contributed by atoms with van der Waals surface area (Å²) in [5.74, 6) is -2.66. The number of hydrogen-bond donors (Lipinski definition) is 2. The summed E-state index contributed by atoms with van der Waals surface area (Å²) in [5, 5.41) is 2.85. The number of aromatic amines is 1. The van der Waals surface area contributed by atoms with Crippen LogP contribution in [0, 0.1) is 11.6 Å². The number of imidazole rings is 1. The van der Waals surface area contributed by atoms with E-state index in [4.69, 9.17) is 0 Å². The number of carbonyl (C=O) groups excluding carboxylic acids is 1. The number of alkyl halides is 3. The van der Waals surface area contributed by atoms with Crippen molar-refractivity contribution in [1.29, 1.82) is 0 Å². The Morgan fingerprint density at radius 2 is 1.90 bits per heavy atom. The Labute approximate surface area is 165 Å². The molecule has 3 heterocycles. The van der Waals surface area contributed by atoms with E-state index in [-0.39, 0.29) is 23.3 Å². The molecule has 154 valence electrons. The van der Waals surface area contributed by atoms with Gasteiger partial charge in [0.15, 0.2) is 11.6 Å². The van der Waals surface area contributed by atoms with Gasteiger partial charge < -0.3 is 14.9 Å². The molecule has 0 spiro atoms. The van der Waals surface area contributed by atoms with Crippen molar-refractivity contribution in [2.45, 2.75) is 12.7 Å². The predicted molar refractivity (Wildman–Crippen MR) is 96.7 cm³/mol. The molecular formula is C19H12F5N5O. The minimum absolute atomic E-state index is 0.0341. The number of nitrogens with one attached hydrogen (secondary N) is 2. The number of H-pyrrole nitrogens is 1. The lowest BCUT2D eigenvalue weighted by Gasteiger charge is -2.07. The Morgan fingerprint density at radius 3 is 2.60 bits per heavy atom. The van der Waals surface area contributed by atoms with Crippen molar-refractivity contribution in [2.24, 2.45) is 0 Å². The molecule has 0 aliphatic heterocycles. The quantitative estimate of drug-likeness (QED) is 0.481. The lowest BCUT2D eigenvalue weighted by atomic mass is 10.2. The zero-order valence-corrected chi connectivity index (χ0v) is 15.0. The van der Waals surface area contributed by atoms with Gasteiger partial charge in [-0.15, -0.1) is 0 Å². The van der Waals surface area contributed by atoms with E-state index in [9.17, 15) is 26.7 Å². The predicted octanol–water partition coefficient (Wildman–Crippen LogP) is 4.36. The first kappa shape index (κ1) is 19.6. The number of carbonyl (C=O) groups is 1. The first-order valence-electron chi connectivity index (χ1n) is 8.52. The third-order valence-electron chi connectivity index (χ3n) is 4.32. The van der Waals surface area contributed by atoms with Crippen LogP contribution in [0.3, 0.4) is 0 Å². The summed E-state index contributed by atoms with van der Waals surface area (Å²) in [6, 6.07) is 4.11. The first-order valence-corrected chi connectivity index (χ1v) is 8.52. The highest BCUT2D eigenvalue weighted by Crippen LogP contribution is 2.27. The second-order valence-electron chi connectivity index (χ2n) is 6.45. The van der Waals surface area contributed by atoms with Crippen LogP contribution in [-0.2, 0) is 12.7 Å². The van der Waals surface area contributed by atoms with E-state index >= 15 is 0 Å². The van der Waals surface area contributed by atoms with Gasteiger partial charge in [0, 0.05) is 30.0 Å². The van der Waals surface area contributed by atoms with Crippen LogP contribution < -0.4 is 5.32 Å². The third-order valence-corrected chi connectivity index (χ3v) is 4.32. The van der Waals surface area contributed by atoms with E-state index in [1.807, 2.05) is 0 Å². The molecule has 0 saturated heterocycles. The Kier molecular flexibility index (Phi) is 4.72. The van der Waals surface area contributed by atoms with E-state index in [1.54, 1.807) is 0 Å². The van der Waals surface area contributed by atoms with Crippen LogP contribution in [-0.4, -0.2) is 25.4 Å². The van der Waals surface area contributed by atoms with E-state index in [1.165, 1.54) is 29.4 Å². The van der Waals surface area contributed by atoms with Crippen LogP contribution in [0.5, 0.6) is 0 Å².